The smallest absolute Gasteiger partial charge is 0.240 e. The van der Waals surface area contributed by atoms with Crippen LogP contribution in [0.1, 0.15) is 44.1 Å². The summed E-state index contributed by atoms with van der Waals surface area (Å²) in [5.41, 5.74) is 2.74. The average molecular weight is 378 g/mol. The van der Waals surface area contributed by atoms with Gasteiger partial charge in [-0.1, -0.05) is 49.4 Å². The van der Waals surface area contributed by atoms with Crippen LogP contribution in [0.4, 0.5) is 0 Å². The molecule has 0 aliphatic carbocycles. The van der Waals surface area contributed by atoms with E-state index in [0.29, 0.717) is 18.8 Å². The molecule has 3 aromatic rings. The van der Waals surface area contributed by atoms with E-state index in [1.165, 1.54) is 0 Å². The summed E-state index contributed by atoms with van der Waals surface area (Å²) in [4.78, 5) is 29.3. The summed E-state index contributed by atoms with van der Waals surface area (Å²) in [6.45, 7) is 4.49. The monoisotopic (exact) mass is 378 g/mol. The Morgan fingerprint density at radius 2 is 1.75 bits per heavy atom. The molecule has 2 amide bonds. The Balaban J connectivity index is 1.78. The van der Waals surface area contributed by atoms with E-state index in [4.69, 9.17) is 0 Å². The van der Waals surface area contributed by atoms with Crippen LogP contribution in [0.25, 0.3) is 11.0 Å². The molecule has 28 heavy (non-hydrogen) atoms. The van der Waals surface area contributed by atoms with Gasteiger partial charge in [-0.05, 0) is 31.0 Å². The van der Waals surface area contributed by atoms with Gasteiger partial charge in [0.25, 0.3) is 0 Å². The summed E-state index contributed by atoms with van der Waals surface area (Å²) in [6, 6.07) is 17.2. The summed E-state index contributed by atoms with van der Waals surface area (Å²) >= 11 is 0. The van der Waals surface area contributed by atoms with Crippen molar-refractivity contribution < 1.29 is 9.59 Å². The maximum atomic E-state index is 12.6. The van der Waals surface area contributed by atoms with E-state index >= 15 is 0 Å². The van der Waals surface area contributed by atoms with Crippen LogP contribution in [0.15, 0.2) is 54.6 Å². The minimum atomic E-state index is -0.284. The molecule has 0 aliphatic heterocycles. The predicted octanol–water partition coefficient (Wildman–Crippen LogP) is 3.33. The van der Waals surface area contributed by atoms with Crippen LogP contribution in [-0.4, -0.2) is 21.4 Å². The number of nitrogens with one attached hydrogen (secondary N) is 2. The van der Waals surface area contributed by atoms with Crippen LogP contribution in [0.3, 0.4) is 0 Å². The zero-order chi connectivity index (χ0) is 19.9. The van der Waals surface area contributed by atoms with Crippen molar-refractivity contribution in [3.8, 4) is 0 Å². The Bertz CT molecular complexity index is 950. The zero-order valence-corrected chi connectivity index (χ0v) is 16.3. The molecule has 3 rings (SSSR count). The third-order valence-corrected chi connectivity index (χ3v) is 4.56. The van der Waals surface area contributed by atoms with E-state index in [1.807, 2.05) is 73.0 Å². The van der Waals surface area contributed by atoms with Gasteiger partial charge in [0, 0.05) is 13.0 Å². The van der Waals surface area contributed by atoms with Gasteiger partial charge in [-0.3, -0.25) is 9.59 Å². The lowest BCUT2D eigenvalue weighted by molar-refractivity contribution is -0.122. The molecule has 6 heteroatoms. The van der Waals surface area contributed by atoms with E-state index in [2.05, 4.69) is 15.6 Å². The van der Waals surface area contributed by atoms with Gasteiger partial charge in [0.05, 0.1) is 17.1 Å². The lowest BCUT2D eigenvalue weighted by Gasteiger charge is -2.16. The number of carbonyl (C=O) groups is 2. The predicted molar refractivity (Wildman–Crippen MR) is 109 cm³/mol. The summed E-state index contributed by atoms with van der Waals surface area (Å²) in [5.74, 6) is 0.572. The zero-order valence-electron chi connectivity index (χ0n) is 16.3. The minimum Gasteiger partial charge on any atom is -0.350 e. The van der Waals surface area contributed by atoms with Gasteiger partial charge < -0.3 is 15.2 Å². The molecule has 0 saturated carbocycles. The molecule has 1 heterocycles. The van der Waals surface area contributed by atoms with Gasteiger partial charge in [0.1, 0.15) is 12.4 Å². The van der Waals surface area contributed by atoms with Crippen molar-refractivity contribution in [3.63, 3.8) is 0 Å². The molecule has 0 radical (unpaired) electrons. The number of nitrogens with zero attached hydrogens (tertiary/aromatic N) is 2. The second-order valence-corrected chi connectivity index (χ2v) is 6.85. The van der Waals surface area contributed by atoms with Crippen molar-refractivity contribution in [2.75, 3.05) is 0 Å². The Morgan fingerprint density at radius 1 is 1.04 bits per heavy atom. The topological polar surface area (TPSA) is 76.0 Å². The normalized spacial score (nSPS) is 11.9. The first-order chi connectivity index (χ1) is 13.6. The molecule has 2 N–H and O–H groups in total. The van der Waals surface area contributed by atoms with E-state index in [0.717, 1.165) is 23.0 Å². The number of aromatic nitrogens is 2. The van der Waals surface area contributed by atoms with Gasteiger partial charge in [0.2, 0.25) is 11.8 Å². The molecule has 0 aliphatic rings. The third kappa shape index (κ3) is 4.76. The SMILES string of the molecule is CCCC(=O)NC(C)c1nc2ccccc2n1CC(=O)NCc1ccccc1. The van der Waals surface area contributed by atoms with Gasteiger partial charge in [-0.2, -0.15) is 0 Å². The number of benzene rings is 2. The Morgan fingerprint density at radius 3 is 2.50 bits per heavy atom. The van der Waals surface area contributed by atoms with Gasteiger partial charge in [-0.25, -0.2) is 4.98 Å². The van der Waals surface area contributed by atoms with Crippen molar-refractivity contribution in [3.05, 3.63) is 66.0 Å². The largest absolute Gasteiger partial charge is 0.350 e. The molecule has 1 unspecified atom stereocenters. The highest BCUT2D eigenvalue weighted by molar-refractivity contribution is 5.81. The molecule has 0 spiro atoms. The molecular formula is C22H26N4O2. The highest BCUT2D eigenvalue weighted by atomic mass is 16.2. The first-order valence-electron chi connectivity index (χ1n) is 9.63. The van der Waals surface area contributed by atoms with E-state index < -0.39 is 0 Å². The number of hydrogen-bond acceptors (Lipinski definition) is 3. The molecule has 146 valence electrons. The Hall–Kier alpha value is -3.15. The highest BCUT2D eigenvalue weighted by Gasteiger charge is 2.19. The molecule has 0 bridgehead atoms. The second kappa shape index (κ2) is 9.17. The summed E-state index contributed by atoms with van der Waals surface area (Å²) < 4.78 is 1.88. The molecule has 0 saturated heterocycles. The van der Waals surface area contributed by atoms with Crippen molar-refractivity contribution in [2.45, 2.75) is 45.8 Å². The maximum Gasteiger partial charge on any atom is 0.240 e. The molecule has 2 aromatic carbocycles. The van der Waals surface area contributed by atoms with Gasteiger partial charge >= 0.3 is 0 Å². The fourth-order valence-electron chi connectivity index (χ4n) is 3.19. The van der Waals surface area contributed by atoms with Crippen LogP contribution in [0.2, 0.25) is 0 Å². The van der Waals surface area contributed by atoms with Crippen molar-refractivity contribution >= 4 is 22.8 Å². The van der Waals surface area contributed by atoms with Crippen LogP contribution in [-0.2, 0) is 22.7 Å². The quantitative estimate of drug-likeness (QED) is 0.631. The fourth-order valence-corrected chi connectivity index (χ4v) is 3.19. The van der Waals surface area contributed by atoms with Crippen LogP contribution in [0, 0.1) is 0 Å². The van der Waals surface area contributed by atoms with Crippen LogP contribution in [0.5, 0.6) is 0 Å². The van der Waals surface area contributed by atoms with Gasteiger partial charge in [-0.15, -0.1) is 0 Å². The van der Waals surface area contributed by atoms with E-state index in [9.17, 15) is 9.59 Å². The van der Waals surface area contributed by atoms with Crippen molar-refractivity contribution in [1.29, 1.82) is 0 Å². The molecule has 1 atom stereocenters. The van der Waals surface area contributed by atoms with Crippen LogP contribution >= 0.6 is 0 Å². The van der Waals surface area contributed by atoms with Gasteiger partial charge in [0.15, 0.2) is 0 Å². The minimum absolute atomic E-state index is 0.0119. The number of fused-ring (bicyclic) bond motifs is 1. The molecule has 6 nitrogen and oxygen atoms in total. The lowest BCUT2D eigenvalue weighted by atomic mass is 10.2. The summed E-state index contributed by atoms with van der Waals surface area (Å²) in [6.07, 6.45) is 1.26. The number of carbonyl (C=O) groups excluding carboxylic acids is 2. The number of amides is 2. The second-order valence-electron chi connectivity index (χ2n) is 6.85. The van der Waals surface area contributed by atoms with Crippen molar-refractivity contribution in [2.24, 2.45) is 0 Å². The summed E-state index contributed by atoms with van der Waals surface area (Å²) in [5, 5.41) is 5.93. The van der Waals surface area contributed by atoms with E-state index in [1.54, 1.807) is 0 Å². The molecule has 0 fully saturated rings. The number of hydrogen-bond donors (Lipinski definition) is 2. The third-order valence-electron chi connectivity index (χ3n) is 4.56. The maximum absolute atomic E-state index is 12.6. The highest BCUT2D eigenvalue weighted by Crippen LogP contribution is 2.21. The molecular weight excluding hydrogens is 352 g/mol. The Labute approximate surface area is 165 Å². The van der Waals surface area contributed by atoms with Crippen LogP contribution < -0.4 is 10.6 Å². The number of para-hydroxylation sites is 2. The fraction of sp³-hybridized carbons (Fsp3) is 0.318. The number of imidazole rings is 1. The molecule has 1 aromatic heterocycles. The first kappa shape index (κ1) is 19.6. The van der Waals surface area contributed by atoms with Crippen molar-refractivity contribution in [1.82, 2.24) is 20.2 Å². The van der Waals surface area contributed by atoms with E-state index in [-0.39, 0.29) is 24.4 Å². The summed E-state index contributed by atoms with van der Waals surface area (Å²) in [7, 11) is 0. The lowest BCUT2D eigenvalue weighted by Crippen LogP contribution is -2.31. The average Bonchev–Trinajstić information content (AvgIpc) is 3.06. The first-order valence-corrected chi connectivity index (χ1v) is 9.63. The number of rotatable bonds is 8. The Kier molecular flexibility index (Phi) is 6.42. The standard InChI is InChI=1S/C22H26N4O2/c1-3-9-20(27)24-16(2)22-25-18-12-7-8-13-19(18)26(22)15-21(28)23-14-17-10-5-4-6-11-17/h4-8,10-13,16H,3,9,14-15H2,1-2H3,(H,23,28)(H,24,27).